The minimum atomic E-state index is -0.831. The Bertz CT molecular complexity index is 417. The van der Waals surface area contributed by atoms with Crippen molar-refractivity contribution in [1.29, 1.82) is 0 Å². The average Bonchev–Trinajstić information content (AvgIpc) is 2.16. The maximum Gasteiger partial charge on any atom is 0.274 e. The third-order valence-corrected chi connectivity index (χ3v) is 3.40. The second-order valence-electron chi connectivity index (χ2n) is 5.80. The van der Waals surface area contributed by atoms with Crippen molar-refractivity contribution in [3.05, 3.63) is 22.8 Å². The van der Waals surface area contributed by atoms with Gasteiger partial charge in [0.25, 0.3) is 9.04 Å². The molecule has 0 aromatic heterocycles. The molecular weight excluding hydrogens is 228 g/mol. The highest BCUT2D eigenvalue weighted by molar-refractivity contribution is 6.49. The van der Waals surface area contributed by atoms with Crippen molar-refractivity contribution in [2.45, 2.75) is 53.1 Å². The summed E-state index contributed by atoms with van der Waals surface area (Å²) in [6, 6.07) is 2.04. The quantitative estimate of drug-likeness (QED) is 0.807. The molecule has 1 rings (SSSR count). The Balaban J connectivity index is 3.47. The highest BCUT2D eigenvalue weighted by Crippen LogP contribution is 2.40. The summed E-state index contributed by atoms with van der Waals surface area (Å²) in [7, 11) is -0.831. The zero-order valence-corrected chi connectivity index (χ0v) is 12.9. The monoisotopic (exact) mass is 251 g/mol. The first-order valence-corrected chi connectivity index (χ1v) is 8.37. The van der Waals surface area contributed by atoms with Crippen LogP contribution in [-0.4, -0.2) is 14.1 Å². The SMILES string of the molecule is Cc1cc(C(C)(C)C)c(O[Si](C)C)c(C)c1O. The maximum absolute atomic E-state index is 10.0. The first-order chi connectivity index (χ1) is 7.64. The summed E-state index contributed by atoms with van der Waals surface area (Å²) >= 11 is 0. The number of hydrogen-bond donors (Lipinski definition) is 1. The molecule has 3 heteroatoms. The fourth-order valence-electron chi connectivity index (χ4n) is 1.85. The number of benzene rings is 1. The van der Waals surface area contributed by atoms with Gasteiger partial charge in [0.1, 0.15) is 11.5 Å². The van der Waals surface area contributed by atoms with Crippen LogP contribution in [0.25, 0.3) is 0 Å². The van der Waals surface area contributed by atoms with Crippen LogP contribution in [0.5, 0.6) is 11.5 Å². The van der Waals surface area contributed by atoms with Gasteiger partial charge in [-0.15, -0.1) is 0 Å². The van der Waals surface area contributed by atoms with E-state index in [2.05, 4.69) is 33.9 Å². The van der Waals surface area contributed by atoms with E-state index >= 15 is 0 Å². The lowest BCUT2D eigenvalue weighted by atomic mass is 9.84. The van der Waals surface area contributed by atoms with Crippen molar-refractivity contribution in [3.8, 4) is 11.5 Å². The Morgan fingerprint density at radius 1 is 1.18 bits per heavy atom. The van der Waals surface area contributed by atoms with E-state index in [4.69, 9.17) is 4.43 Å². The van der Waals surface area contributed by atoms with Crippen molar-refractivity contribution in [1.82, 2.24) is 0 Å². The predicted molar refractivity (Wildman–Crippen MR) is 74.4 cm³/mol. The van der Waals surface area contributed by atoms with Gasteiger partial charge in [0, 0.05) is 5.56 Å². The fourth-order valence-corrected chi connectivity index (χ4v) is 2.52. The standard InChI is InChI=1S/C14H23O2Si/c1-9-8-11(14(3,4)5)13(16-17(6)7)10(2)12(9)15/h8,15H,1-7H3. The van der Waals surface area contributed by atoms with Gasteiger partial charge in [0.2, 0.25) is 0 Å². The van der Waals surface area contributed by atoms with Crippen LogP contribution in [0.15, 0.2) is 6.07 Å². The summed E-state index contributed by atoms with van der Waals surface area (Å²) in [5, 5.41) is 10.0. The molecule has 0 aliphatic rings. The van der Waals surface area contributed by atoms with Crippen LogP contribution in [0.2, 0.25) is 13.1 Å². The second kappa shape index (κ2) is 4.73. The molecule has 1 radical (unpaired) electrons. The highest BCUT2D eigenvalue weighted by atomic mass is 28.3. The van der Waals surface area contributed by atoms with Gasteiger partial charge in [-0.2, -0.15) is 0 Å². The van der Waals surface area contributed by atoms with Gasteiger partial charge in [0.05, 0.1) is 0 Å². The van der Waals surface area contributed by atoms with E-state index in [1.165, 1.54) is 5.56 Å². The molecule has 0 spiro atoms. The van der Waals surface area contributed by atoms with E-state index in [9.17, 15) is 5.11 Å². The van der Waals surface area contributed by atoms with Crippen LogP contribution < -0.4 is 4.43 Å². The van der Waals surface area contributed by atoms with Gasteiger partial charge < -0.3 is 9.53 Å². The van der Waals surface area contributed by atoms with Crippen LogP contribution >= 0.6 is 0 Å². The van der Waals surface area contributed by atoms with Crippen LogP contribution in [0.1, 0.15) is 37.5 Å². The largest absolute Gasteiger partial charge is 0.542 e. The summed E-state index contributed by atoms with van der Waals surface area (Å²) < 4.78 is 5.98. The molecule has 1 N–H and O–H groups in total. The lowest BCUT2D eigenvalue weighted by Crippen LogP contribution is -2.19. The van der Waals surface area contributed by atoms with Crippen LogP contribution in [0, 0.1) is 13.8 Å². The number of phenols is 1. The average molecular weight is 251 g/mol. The van der Waals surface area contributed by atoms with Crippen molar-refractivity contribution >= 4 is 9.04 Å². The number of hydrogen-bond acceptors (Lipinski definition) is 2. The number of aromatic hydroxyl groups is 1. The van der Waals surface area contributed by atoms with Gasteiger partial charge in [-0.1, -0.05) is 20.8 Å². The molecule has 0 aliphatic heterocycles. The zero-order chi connectivity index (χ0) is 13.4. The van der Waals surface area contributed by atoms with E-state index < -0.39 is 9.04 Å². The summed E-state index contributed by atoms with van der Waals surface area (Å²) in [6.45, 7) is 14.6. The Morgan fingerprint density at radius 3 is 2.12 bits per heavy atom. The van der Waals surface area contributed by atoms with Crippen LogP contribution in [0.4, 0.5) is 0 Å². The Labute approximate surface area is 106 Å². The predicted octanol–water partition coefficient (Wildman–Crippen LogP) is 3.94. The molecule has 0 saturated carbocycles. The normalized spacial score (nSPS) is 12.0. The molecule has 0 fully saturated rings. The molecule has 0 aliphatic carbocycles. The van der Waals surface area contributed by atoms with Crippen molar-refractivity contribution < 1.29 is 9.53 Å². The Hall–Kier alpha value is -0.963. The van der Waals surface area contributed by atoms with E-state index in [0.29, 0.717) is 5.75 Å². The first-order valence-electron chi connectivity index (χ1n) is 5.96. The van der Waals surface area contributed by atoms with Crippen LogP contribution in [-0.2, 0) is 5.41 Å². The van der Waals surface area contributed by atoms with E-state index in [-0.39, 0.29) is 5.41 Å². The van der Waals surface area contributed by atoms with Crippen molar-refractivity contribution in [2.75, 3.05) is 0 Å². The molecule has 0 bridgehead atoms. The van der Waals surface area contributed by atoms with Crippen molar-refractivity contribution in [2.24, 2.45) is 0 Å². The third kappa shape index (κ3) is 3.03. The molecule has 95 valence electrons. The number of rotatable bonds is 2. The van der Waals surface area contributed by atoms with Gasteiger partial charge in [0.15, 0.2) is 0 Å². The van der Waals surface area contributed by atoms with E-state index in [1.54, 1.807) is 0 Å². The van der Waals surface area contributed by atoms with Gasteiger partial charge >= 0.3 is 0 Å². The third-order valence-electron chi connectivity index (χ3n) is 2.79. The number of aryl methyl sites for hydroxylation is 1. The molecule has 0 amide bonds. The highest BCUT2D eigenvalue weighted by Gasteiger charge is 2.24. The molecule has 1 aromatic carbocycles. The smallest absolute Gasteiger partial charge is 0.274 e. The maximum atomic E-state index is 10.0. The minimum Gasteiger partial charge on any atom is -0.542 e. The lowest BCUT2D eigenvalue weighted by Gasteiger charge is -2.26. The Morgan fingerprint density at radius 2 is 1.71 bits per heavy atom. The first kappa shape index (κ1) is 14.1. The van der Waals surface area contributed by atoms with E-state index in [0.717, 1.165) is 16.9 Å². The Kier molecular flexibility index (Phi) is 3.92. The molecule has 2 nitrogen and oxygen atoms in total. The lowest BCUT2D eigenvalue weighted by molar-refractivity contribution is 0.454. The topological polar surface area (TPSA) is 29.5 Å². The second-order valence-corrected chi connectivity index (χ2v) is 7.82. The summed E-state index contributed by atoms with van der Waals surface area (Å²) in [6.07, 6.45) is 0. The summed E-state index contributed by atoms with van der Waals surface area (Å²) in [4.78, 5) is 0. The van der Waals surface area contributed by atoms with Crippen LogP contribution in [0.3, 0.4) is 0 Å². The zero-order valence-electron chi connectivity index (χ0n) is 11.9. The van der Waals surface area contributed by atoms with Gasteiger partial charge in [-0.05, 0) is 49.5 Å². The molecule has 0 unspecified atom stereocenters. The molecule has 0 atom stereocenters. The van der Waals surface area contributed by atoms with Gasteiger partial charge in [-0.25, -0.2) is 0 Å². The molecule has 17 heavy (non-hydrogen) atoms. The number of phenolic OH excluding ortho intramolecular Hbond substituents is 1. The van der Waals surface area contributed by atoms with Crippen molar-refractivity contribution in [3.63, 3.8) is 0 Å². The summed E-state index contributed by atoms with van der Waals surface area (Å²) in [5.41, 5.74) is 2.98. The summed E-state index contributed by atoms with van der Waals surface area (Å²) in [5.74, 6) is 1.23. The van der Waals surface area contributed by atoms with Gasteiger partial charge in [-0.3, -0.25) is 0 Å². The molecule has 1 aromatic rings. The fraction of sp³-hybridized carbons (Fsp3) is 0.571. The van der Waals surface area contributed by atoms with E-state index in [1.807, 2.05) is 19.9 Å². The molecular formula is C14H23O2Si. The molecule has 0 heterocycles. The minimum absolute atomic E-state index is 0.0237. The molecule has 0 saturated heterocycles.